The van der Waals surface area contributed by atoms with Gasteiger partial charge in [-0.1, -0.05) is 6.07 Å². The molecule has 0 saturated heterocycles. The van der Waals surface area contributed by atoms with Crippen molar-refractivity contribution in [3.63, 3.8) is 0 Å². The summed E-state index contributed by atoms with van der Waals surface area (Å²) in [7, 11) is 0. The number of carbonyl (C=O) groups is 1. The summed E-state index contributed by atoms with van der Waals surface area (Å²) < 4.78 is 5.03. The normalized spacial score (nSPS) is 11.5. The number of hydrogen-bond donors (Lipinski definition) is 1. The second-order valence-corrected chi connectivity index (χ2v) is 2.61. The Labute approximate surface area is 88.3 Å². The molecule has 0 fully saturated rings. The van der Waals surface area contributed by atoms with Crippen LogP contribution in [0, 0.1) is 0 Å². The molecule has 1 aromatic heterocycles. The van der Waals surface area contributed by atoms with Crippen molar-refractivity contribution >= 4 is 18.4 Å². The van der Waals surface area contributed by atoms with E-state index in [9.17, 15) is 4.79 Å². The molecule has 1 heterocycles. The Morgan fingerprint density at radius 3 is 2.86 bits per heavy atom. The largest absolute Gasteiger partial charge is 0.479 e. The van der Waals surface area contributed by atoms with E-state index < -0.39 is 12.1 Å². The fraction of sp³-hybridized carbons (Fsp3) is 0.333. The molecule has 0 aliphatic rings. The zero-order valence-corrected chi connectivity index (χ0v) is 8.53. The first-order valence-corrected chi connectivity index (χ1v) is 3.94. The zero-order chi connectivity index (χ0) is 9.68. The predicted molar refractivity (Wildman–Crippen MR) is 53.4 cm³/mol. The number of pyridine rings is 1. The van der Waals surface area contributed by atoms with E-state index >= 15 is 0 Å². The van der Waals surface area contributed by atoms with Crippen molar-refractivity contribution in [1.29, 1.82) is 0 Å². The molecular formula is C9H12ClNO3. The highest BCUT2D eigenvalue weighted by molar-refractivity contribution is 5.85. The Hall–Kier alpha value is -1.13. The minimum absolute atomic E-state index is 0. The van der Waals surface area contributed by atoms with Crippen LogP contribution >= 0.6 is 12.4 Å². The number of aliphatic carboxylic acids is 1. The number of aromatic nitrogens is 1. The maximum absolute atomic E-state index is 10.4. The third-order valence-corrected chi connectivity index (χ3v) is 1.56. The van der Waals surface area contributed by atoms with Gasteiger partial charge < -0.3 is 9.84 Å². The highest BCUT2D eigenvalue weighted by Gasteiger charge is 2.10. The summed E-state index contributed by atoms with van der Waals surface area (Å²) in [5.41, 5.74) is 0.732. The summed E-state index contributed by atoms with van der Waals surface area (Å²) in [6, 6.07) is 5.41. The zero-order valence-electron chi connectivity index (χ0n) is 7.71. The van der Waals surface area contributed by atoms with Gasteiger partial charge in [-0.15, -0.1) is 12.4 Å². The second-order valence-electron chi connectivity index (χ2n) is 2.61. The van der Waals surface area contributed by atoms with Crippen molar-refractivity contribution in [3.8, 4) is 0 Å². The lowest BCUT2D eigenvalue weighted by molar-refractivity contribution is -0.149. The van der Waals surface area contributed by atoms with Crippen LogP contribution in [0.3, 0.4) is 0 Å². The standard InChI is InChI=1S/C9H11NO3.ClH/c1-7(9(11)12)13-6-8-4-2-3-5-10-8;/h2-5,7H,6H2,1H3,(H,11,12);1H. The third kappa shape index (κ3) is 4.20. The lowest BCUT2D eigenvalue weighted by atomic mass is 10.3. The summed E-state index contributed by atoms with van der Waals surface area (Å²) >= 11 is 0. The Balaban J connectivity index is 0.00000169. The first-order valence-electron chi connectivity index (χ1n) is 3.94. The SMILES string of the molecule is CC(OCc1ccccn1)C(=O)O.Cl. The van der Waals surface area contributed by atoms with Gasteiger partial charge in [0.15, 0.2) is 6.10 Å². The van der Waals surface area contributed by atoms with Crippen LogP contribution in [0.5, 0.6) is 0 Å². The number of carboxylic acid groups (broad SMARTS) is 1. The van der Waals surface area contributed by atoms with E-state index in [1.165, 1.54) is 6.92 Å². The molecular weight excluding hydrogens is 206 g/mol. The molecule has 78 valence electrons. The van der Waals surface area contributed by atoms with Crippen molar-refractivity contribution in [2.75, 3.05) is 0 Å². The van der Waals surface area contributed by atoms with Crippen LogP contribution in [0.25, 0.3) is 0 Å². The highest BCUT2D eigenvalue weighted by atomic mass is 35.5. The quantitative estimate of drug-likeness (QED) is 0.830. The lowest BCUT2D eigenvalue weighted by Crippen LogP contribution is -2.19. The summed E-state index contributed by atoms with van der Waals surface area (Å²) in [6.07, 6.45) is 0.853. The maximum Gasteiger partial charge on any atom is 0.332 e. The van der Waals surface area contributed by atoms with Crippen LogP contribution in [0.15, 0.2) is 24.4 Å². The van der Waals surface area contributed by atoms with Crippen LogP contribution in [0.2, 0.25) is 0 Å². The molecule has 4 nitrogen and oxygen atoms in total. The van der Waals surface area contributed by atoms with E-state index in [0.29, 0.717) is 0 Å². The molecule has 5 heteroatoms. The van der Waals surface area contributed by atoms with Gasteiger partial charge in [-0.3, -0.25) is 4.98 Å². The van der Waals surface area contributed by atoms with Crippen LogP contribution in [-0.4, -0.2) is 22.2 Å². The molecule has 0 aliphatic heterocycles. The first kappa shape index (κ1) is 12.9. The molecule has 0 aliphatic carbocycles. The fourth-order valence-electron chi connectivity index (χ4n) is 0.765. The number of halogens is 1. The average Bonchev–Trinajstić information content (AvgIpc) is 2.15. The molecule has 14 heavy (non-hydrogen) atoms. The number of carboxylic acids is 1. The minimum atomic E-state index is -0.962. The van der Waals surface area contributed by atoms with Crippen LogP contribution in [0.4, 0.5) is 0 Å². The van der Waals surface area contributed by atoms with Gasteiger partial charge in [-0.25, -0.2) is 4.79 Å². The molecule has 0 spiro atoms. The van der Waals surface area contributed by atoms with Crippen LogP contribution in [0.1, 0.15) is 12.6 Å². The number of hydrogen-bond acceptors (Lipinski definition) is 3. The lowest BCUT2D eigenvalue weighted by Gasteiger charge is -2.06. The molecule has 0 saturated carbocycles. The first-order chi connectivity index (χ1) is 6.20. The van der Waals surface area contributed by atoms with E-state index in [-0.39, 0.29) is 19.0 Å². The number of rotatable bonds is 4. The molecule has 0 aromatic carbocycles. The van der Waals surface area contributed by atoms with Crippen LogP contribution < -0.4 is 0 Å². The van der Waals surface area contributed by atoms with Gasteiger partial charge in [0.05, 0.1) is 12.3 Å². The van der Waals surface area contributed by atoms with E-state index in [1.807, 2.05) is 6.07 Å². The van der Waals surface area contributed by atoms with Crippen molar-refractivity contribution in [1.82, 2.24) is 4.98 Å². The predicted octanol–water partition coefficient (Wildman–Crippen LogP) is 1.49. The average molecular weight is 218 g/mol. The summed E-state index contributed by atoms with van der Waals surface area (Å²) in [6.45, 7) is 1.72. The number of nitrogens with zero attached hydrogens (tertiary/aromatic N) is 1. The third-order valence-electron chi connectivity index (χ3n) is 1.56. The van der Waals surface area contributed by atoms with Gasteiger partial charge in [0.2, 0.25) is 0 Å². The molecule has 1 N–H and O–H groups in total. The van der Waals surface area contributed by atoms with Gasteiger partial charge in [0, 0.05) is 6.20 Å². The van der Waals surface area contributed by atoms with Crippen molar-refractivity contribution < 1.29 is 14.6 Å². The molecule has 1 unspecified atom stereocenters. The van der Waals surface area contributed by atoms with Crippen molar-refractivity contribution in [3.05, 3.63) is 30.1 Å². The smallest absolute Gasteiger partial charge is 0.332 e. The van der Waals surface area contributed by atoms with Gasteiger partial charge in [-0.05, 0) is 19.1 Å². The second kappa shape index (κ2) is 6.34. The number of ether oxygens (including phenoxy) is 1. The maximum atomic E-state index is 10.4. The van der Waals surface area contributed by atoms with Crippen LogP contribution in [-0.2, 0) is 16.1 Å². The van der Waals surface area contributed by atoms with E-state index in [0.717, 1.165) is 5.69 Å². The van der Waals surface area contributed by atoms with Gasteiger partial charge in [-0.2, -0.15) is 0 Å². The van der Waals surface area contributed by atoms with Crippen molar-refractivity contribution in [2.45, 2.75) is 19.6 Å². The molecule has 0 amide bonds. The van der Waals surface area contributed by atoms with Gasteiger partial charge in [0.25, 0.3) is 0 Å². The molecule has 0 bridgehead atoms. The Kier molecular flexibility index (Phi) is 5.83. The molecule has 1 atom stereocenters. The van der Waals surface area contributed by atoms with E-state index in [4.69, 9.17) is 9.84 Å². The Bertz CT molecular complexity index is 279. The fourth-order valence-corrected chi connectivity index (χ4v) is 0.765. The van der Waals surface area contributed by atoms with E-state index in [1.54, 1.807) is 18.3 Å². The minimum Gasteiger partial charge on any atom is -0.479 e. The molecule has 1 rings (SSSR count). The highest BCUT2D eigenvalue weighted by Crippen LogP contribution is 1.99. The summed E-state index contributed by atoms with van der Waals surface area (Å²) in [4.78, 5) is 14.4. The Morgan fingerprint density at radius 1 is 1.64 bits per heavy atom. The summed E-state index contributed by atoms with van der Waals surface area (Å²) in [5, 5.41) is 8.51. The van der Waals surface area contributed by atoms with Crippen molar-refractivity contribution in [2.24, 2.45) is 0 Å². The molecule has 1 aromatic rings. The van der Waals surface area contributed by atoms with Gasteiger partial charge >= 0.3 is 5.97 Å². The molecule has 0 radical (unpaired) electrons. The van der Waals surface area contributed by atoms with Gasteiger partial charge in [0.1, 0.15) is 0 Å². The Morgan fingerprint density at radius 2 is 2.36 bits per heavy atom. The van der Waals surface area contributed by atoms with E-state index in [2.05, 4.69) is 4.98 Å². The topological polar surface area (TPSA) is 59.4 Å². The monoisotopic (exact) mass is 217 g/mol. The summed E-state index contributed by atoms with van der Waals surface area (Å²) in [5.74, 6) is -0.962.